The first kappa shape index (κ1) is 17.3. The van der Waals surface area contributed by atoms with Gasteiger partial charge >= 0.3 is 0 Å². The fraction of sp³-hybridized carbons (Fsp3) is 0.316. The van der Waals surface area contributed by atoms with Crippen LogP contribution >= 0.6 is 0 Å². The van der Waals surface area contributed by atoms with Crippen LogP contribution in [0.3, 0.4) is 0 Å². The second-order valence-corrected chi connectivity index (χ2v) is 6.47. The molecule has 27 heavy (non-hydrogen) atoms. The van der Waals surface area contributed by atoms with E-state index in [-0.39, 0.29) is 30.4 Å². The molecule has 1 saturated heterocycles. The lowest BCUT2D eigenvalue weighted by atomic mass is 10.1. The first-order valence-corrected chi connectivity index (χ1v) is 8.73. The van der Waals surface area contributed by atoms with Gasteiger partial charge in [0.15, 0.2) is 12.4 Å². The highest BCUT2D eigenvalue weighted by Gasteiger charge is 2.27. The van der Waals surface area contributed by atoms with E-state index in [2.05, 4.69) is 10.3 Å². The molecule has 1 fully saturated rings. The van der Waals surface area contributed by atoms with Crippen LogP contribution in [0.25, 0.3) is 0 Å². The van der Waals surface area contributed by atoms with Crippen molar-refractivity contribution in [1.82, 2.24) is 9.88 Å². The minimum absolute atomic E-state index is 0.0466. The molecule has 7 nitrogen and oxygen atoms in total. The van der Waals surface area contributed by atoms with E-state index >= 15 is 0 Å². The molecule has 0 aliphatic carbocycles. The van der Waals surface area contributed by atoms with Crippen molar-refractivity contribution in [3.8, 4) is 11.6 Å². The molecule has 2 aliphatic heterocycles. The fourth-order valence-corrected chi connectivity index (χ4v) is 3.22. The second kappa shape index (κ2) is 7.22. The van der Waals surface area contributed by atoms with Crippen molar-refractivity contribution < 1.29 is 23.5 Å². The number of hydrogen-bond acceptors (Lipinski definition) is 5. The summed E-state index contributed by atoms with van der Waals surface area (Å²) in [6.45, 7) is 0.876. The van der Waals surface area contributed by atoms with E-state index < -0.39 is 5.82 Å². The van der Waals surface area contributed by atoms with E-state index in [1.165, 1.54) is 18.3 Å². The average molecular weight is 371 g/mol. The van der Waals surface area contributed by atoms with Crippen LogP contribution in [0.1, 0.15) is 23.2 Å². The average Bonchev–Trinajstić information content (AvgIpc) is 2.69. The van der Waals surface area contributed by atoms with Gasteiger partial charge in [0.2, 0.25) is 0 Å². The maximum Gasteiger partial charge on any atom is 0.262 e. The number of anilines is 1. The Morgan fingerprint density at radius 3 is 3.11 bits per heavy atom. The highest BCUT2D eigenvalue weighted by Crippen LogP contribution is 2.29. The Kier molecular flexibility index (Phi) is 4.62. The summed E-state index contributed by atoms with van der Waals surface area (Å²) >= 11 is 0. The molecule has 2 aliphatic rings. The van der Waals surface area contributed by atoms with Gasteiger partial charge in [-0.2, -0.15) is 0 Å². The number of benzene rings is 1. The minimum atomic E-state index is -0.519. The molecule has 3 heterocycles. The maximum absolute atomic E-state index is 13.7. The normalized spacial score (nSPS) is 18.9. The van der Waals surface area contributed by atoms with Crippen molar-refractivity contribution >= 4 is 17.5 Å². The number of rotatable bonds is 3. The third-order valence-electron chi connectivity index (χ3n) is 4.53. The molecule has 1 N–H and O–H groups in total. The van der Waals surface area contributed by atoms with E-state index in [9.17, 15) is 14.0 Å². The number of nitrogens with one attached hydrogen (secondary N) is 1. The lowest BCUT2D eigenvalue weighted by molar-refractivity contribution is -0.118. The quantitative estimate of drug-likeness (QED) is 0.895. The van der Waals surface area contributed by atoms with Gasteiger partial charge in [-0.25, -0.2) is 9.37 Å². The molecule has 0 radical (unpaired) electrons. The Morgan fingerprint density at radius 2 is 2.26 bits per heavy atom. The van der Waals surface area contributed by atoms with Gasteiger partial charge < -0.3 is 19.7 Å². The van der Waals surface area contributed by atoms with Crippen LogP contribution in [0.5, 0.6) is 11.6 Å². The Balaban J connectivity index is 1.46. The molecule has 8 heteroatoms. The molecule has 1 atom stereocenters. The molecule has 1 aromatic heterocycles. The van der Waals surface area contributed by atoms with Crippen LogP contribution in [-0.2, 0) is 4.79 Å². The first-order chi connectivity index (χ1) is 13.1. The number of amides is 2. The number of aromatic nitrogens is 1. The molecule has 0 saturated carbocycles. The summed E-state index contributed by atoms with van der Waals surface area (Å²) in [4.78, 5) is 29.8. The number of likely N-dealkylation sites (tertiary alicyclic amines) is 1. The highest BCUT2D eigenvalue weighted by atomic mass is 19.1. The molecule has 0 bridgehead atoms. The highest BCUT2D eigenvalue weighted by molar-refractivity contribution is 5.99. The number of pyridine rings is 1. The number of halogens is 1. The number of ether oxygens (including phenoxy) is 2. The first-order valence-electron chi connectivity index (χ1n) is 8.73. The van der Waals surface area contributed by atoms with Gasteiger partial charge in [-0.1, -0.05) is 0 Å². The van der Waals surface area contributed by atoms with E-state index in [1.54, 1.807) is 23.1 Å². The zero-order valence-electron chi connectivity index (χ0n) is 14.5. The van der Waals surface area contributed by atoms with Crippen molar-refractivity contribution in [1.29, 1.82) is 0 Å². The Labute approximate surface area is 155 Å². The molecular weight excluding hydrogens is 353 g/mol. The van der Waals surface area contributed by atoms with Crippen LogP contribution in [0.2, 0.25) is 0 Å². The molecule has 1 unspecified atom stereocenters. The van der Waals surface area contributed by atoms with Crippen LogP contribution in [0, 0.1) is 5.82 Å². The molecule has 4 rings (SSSR count). The summed E-state index contributed by atoms with van der Waals surface area (Å²) in [5.74, 6) is -0.474. The largest absolute Gasteiger partial charge is 0.482 e. The molecule has 140 valence electrons. The summed E-state index contributed by atoms with van der Waals surface area (Å²) in [6, 6.07) is 7.72. The number of carbonyl (C=O) groups excluding carboxylic acids is 2. The summed E-state index contributed by atoms with van der Waals surface area (Å²) in [5, 5.41) is 2.69. The lowest BCUT2D eigenvalue weighted by Gasteiger charge is -2.33. The van der Waals surface area contributed by atoms with Crippen molar-refractivity contribution in [3.05, 3.63) is 47.9 Å². The predicted molar refractivity (Wildman–Crippen MR) is 94.3 cm³/mol. The van der Waals surface area contributed by atoms with Crippen molar-refractivity contribution in [3.63, 3.8) is 0 Å². The van der Waals surface area contributed by atoms with Crippen molar-refractivity contribution in [2.45, 2.75) is 18.9 Å². The topological polar surface area (TPSA) is 80.8 Å². The third kappa shape index (κ3) is 3.69. The molecule has 0 spiro atoms. The summed E-state index contributed by atoms with van der Waals surface area (Å²) < 4.78 is 24.8. The third-order valence-corrected chi connectivity index (χ3v) is 4.53. The Bertz CT molecular complexity index is 889. The standard InChI is InChI=1S/C19H18FN3O4/c20-14-4-1-7-21-18(14)27-13-3-2-8-23(10-13)19(25)12-5-6-15-16(9-12)26-11-17(24)22-15/h1,4-7,9,13H,2-3,8,10-11H2,(H,22,24). The van der Waals surface area contributed by atoms with E-state index in [0.717, 1.165) is 12.8 Å². The van der Waals surface area contributed by atoms with Crippen LogP contribution < -0.4 is 14.8 Å². The van der Waals surface area contributed by atoms with Gasteiger partial charge in [-0.15, -0.1) is 0 Å². The smallest absolute Gasteiger partial charge is 0.262 e. The van der Waals surface area contributed by atoms with Crippen LogP contribution in [-0.4, -0.2) is 47.5 Å². The molecule has 2 amide bonds. The fourth-order valence-electron chi connectivity index (χ4n) is 3.22. The van der Waals surface area contributed by atoms with Gasteiger partial charge in [0, 0.05) is 18.3 Å². The second-order valence-electron chi connectivity index (χ2n) is 6.47. The van der Waals surface area contributed by atoms with E-state index in [4.69, 9.17) is 9.47 Å². The van der Waals surface area contributed by atoms with Crippen molar-refractivity contribution in [2.75, 3.05) is 25.0 Å². The van der Waals surface area contributed by atoms with Gasteiger partial charge in [0.1, 0.15) is 11.9 Å². The van der Waals surface area contributed by atoms with Gasteiger partial charge in [-0.3, -0.25) is 9.59 Å². The lowest BCUT2D eigenvalue weighted by Crippen LogP contribution is -2.44. The van der Waals surface area contributed by atoms with Gasteiger partial charge in [0.05, 0.1) is 12.2 Å². The number of carbonyl (C=O) groups is 2. The van der Waals surface area contributed by atoms with E-state index in [1.807, 2.05) is 0 Å². The molecule has 2 aromatic rings. The Hall–Kier alpha value is -3.16. The van der Waals surface area contributed by atoms with Crippen LogP contribution in [0.15, 0.2) is 36.5 Å². The van der Waals surface area contributed by atoms with Gasteiger partial charge in [0.25, 0.3) is 17.7 Å². The number of piperidine rings is 1. The SMILES string of the molecule is O=C1COc2cc(C(=O)N3CCCC(Oc4ncccc4F)C3)ccc2N1. The number of hydrogen-bond donors (Lipinski definition) is 1. The molecule has 1 aromatic carbocycles. The number of fused-ring (bicyclic) bond motifs is 1. The summed E-state index contributed by atoms with van der Waals surface area (Å²) in [6.07, 6.45) is 2.62. The summed E-state index contributed by atoms with van der Waals surface area (Å²) in [7, 11) is 0. The monoisotopic (exact) mass is 371 g/mol. The number of nitrogens with zero attached hydrogens (tertiary/aromatic N) is 2. The van der Waals surface area contributed by atoms with Gasteiger partial charge in [-0.05, 0) is 43.2 Å². The van der Waals surface area contributed by atoms with E-state index in [0.29, 0.717) is 30.1 Å². The van der Waals surface area contributed by atoms with Crippen LogP contribution in [0.4, 0.5) is 10.1 Å². The van der Waals surface area contributed by atoms with Crippen molar-refractivity contribution in [2.24, 2.45) is 0 Å². The molecular formula is C19H18FN3O4. The summed E-state index contributed by atoms with van der Waals surface area (Å²) in [5.41, 5.74) is 1.02. The zero-order chi connectivity index (χ0) is 18.8. The Morgan fingerprint density at radius 1 is 1.37 bits per heavy atom. The predicted octanol–water partition coefficient (Wildman–Crippen LogP) is 2.24. The zero-order valence-corrected chi connectivity index (χ0v) is 14.5. The minimum Gasteiger partial charge on any atom is -0.482 e. The maximum atomic E-state index is 13.7.